The molecule has 0 saturated carbocycles. The number of anilines is 2. The molecule has 2 heterocycles. The molecule has 0 amide bonds. The lowest BCUT2D eigenvalue weighted by Gasteiger charge is -1.95. The smallest absolute Gasteiger partial charge is 0.173 e. The average molecular weight is 136 g/mol. The zero-order chi connectivity index (χ0) is 6.97. The molecule has 0 aliphatic carbocycles. The molecule has 4 nitrogen and oxygen atoms in total. The third-order valence-corrected chi connectivity index (χ3v) is 1.45. The van der Waals surface area contributed by atoms with E-state index in [2.05, 4.69) is 20.8 Å². The van der Waals surface area contributed by atoms with Crippen LogP contribution < -0.4 is 10.6 Å². The number of fused-ring (bicyclic) bond motifs is 1. The minimum absolute atomic E-state index is 0.757. The second-order valence-corrected chi connectivity index (χ2v) is 2.28. The third kappa shape index (κ3) is 0.689. The highest BCUT2D eigenvalue weighted by atomic mass is 15.3. The van der Waals surface area contributed by atoms with Crippen LogP contribution in [0.4, 0.5) is 11.5 Å². The van der Waals surface area contributed by atoms with E-state index in [1.54, 1.807) is 0 Å². The van der Waals surface area contributed by atoms with Gasteiger partial charge in [-0.1, -0.05) is 0 Å². The highest BCUT2D eigenvalue weighted by Gasteiger charge is 2.09. The number of nitrogens with one attached hydrogen (secondary N) is 2. The Morgan fingerprint density at radius 3 is 3.20 bits per heavy atom. The van der Waals surface area contributed by atoms with Gasteiger partial charge in [-0.3, -0.25) is 0 Å². The van der Waals surface area contributed by atoms with Crippen molar-refractivity contribution in [1.82, 2.24) is 10.2 Å². The van der Waals surface area contributed by atoms with Crippen LogP contribution in [0.3, 0.4) is 0 Å². The minimum atomic E-state index is 0.757. The summed E-state index contributed by atoms with van der Waals surface area (Å²) in [5.41, 5.74) is 1.99. The Kier molecular flexibility index (Phi) is 1.00. The van der Waals surface area contributed by atoms with Gasteiger partial charge in [0.05, 0.1) is 18.1 Å². The highest BCUT2D eigenvalue weighted by molar-refractivity contribution is 5.68. The molecule has 2 N–H and O–H groups in total. The lowest BCUT2D eigenvalue weighted by atomic mass is 10.4. The van der Waals surface area contributed by atoms with Crippen molar-refractivity contribution in [1.29, 1.82) is 0 Å². The van der Waals surface area contributed by atoms with Gasteiger partial charge in [0.15, 0.2) is 5.82 Å². The van der Waals surface area contributed by atoms with Crippen LogP contribution in [0, 0.1) is 6.92 Å². The molecule has 0 bridgehead atoms. The summed E-state index contributed by atoms with van der Waals surface area (Å²) in [4.78, 5) is 0. The third-order valence-electron chi connectivity index (χ3n) is 1.45. The van der Waals surface area contributed by atoms with Crippen LogP contribution in [0.1, 0.15) is 5.69 Å². The van der Waals surface area contributed by atoms with Crippen LogP contribution in [0.5, 0.6) is 0 Å². The lowest BCUT2D eigenvalue weighted by Crippen LogP contribution is -1.99. The van der Waals surface area contributed by atoms with Gasteiger partial charge in [0.2, 0.25) is 0 Å². The van der Waals surface area contributed by atoms with E-state index >= 15 is 0 Å². The molecule has 1 aliphatic heterocycles. The maximum atomic E-state index is 3.94. The Balaban J connectivity index is 2.52. The van der Waals surface area contributed by atoms with E-state index in [9.17, 15) is 0 Å². The SMILES string of the molecule is Cc1cc2c(nn1)NCN2. The van der Waals surface area contributed by atoms with Gasteiger partial charge in [-0.15, -0.1) is 5.10 Å². The van der Waals surface area contributed by atoms with E-state index in [4.69, 9.17) is 0 Å². The summed E-state index contributed by atoms with van der Waals surface area (Å²) in [5.74, 6) is 0.852. The number of aryl methyl sites for hydroxylation is 1. The van der Waals surface area contributed by atoms with Gasteiger partial charge in [-0.25, -0.2) is 0 Å². The molecule has 0 unspecified atom stereocenters. The van der Waals surface area contributed by atoms with Crippen LogP contribution in [0.2, 0.25) is 0 Å². The molecular weight excluding hydrogens is 128 g/mol. The molecule has 0 saturated heterocycles. The number of aromatic nitrogens is 2. The maximum absolute atomic E-state index is 3.94. The van der Waals surface area contributed by atoms with Crippen molar-refractivity contribution in [2.24, 2.45) is 0 Å². The monoisotopic (exact) mass is 136 g/mol. The largest absolute Gasteiger partial charge is 0.365 e. The molecule has 0 radical (unpaired) electrons. The summed E-state index contributed by atoms with van der Waals surface area (Å²) in [5, 5.41) is 14.0. The van der Waals surface area contributed by atoms with Crippen molar-refractivity contribution >= 4 is 11.5 Å². The first-order valence-electron chi connectivity index (χ1n) is 3.18. The van der Waals surface area contributed by atoms with Crippen LogP contribution in [-0.4, -0.2) is 16.9 Å². The molecule has 10 heavy (non-hydrogen) atoms. The maximum Gasteiger partial charge on any atom is 0.173 e. The zero-order valence-electron chi connectivity index (χ0n) is 5.68. The van der Waals surface area contributed by atoms with E-state index < -0.39 is 0 Å². The fourth-order valence-electron chi connectivity index (χ4n) is 0.977. The zero-order valence-corrected chi connectivity index (χ0v) is 5.68. The van der Waals surface area contributed by atoms with E-state index in [-0.39, 0.29) is 0 Å². The normalized spacial score (nSPS) is 13.7. The van der Waals surface area contributed by atoms with E-state index in [0.717, 1.165) is 23.9 Å². The van der Waals surface area contributed by atoms with Crippen molar-refractivity contribution in [3.8, 4) is 0 Å². The van der Waals surface area contributed by atoms with Crippen LogP contribution >= 0.6 is 0 Å². The Labute approximate surface area is 58.7 Å². The van der Waals surface area contributed by atoms with Crippen LogP contribution in [0.15, 0.2) is 6.07 Å². The van der Waals surface area contributed by atoms with E-state index in [1.807, 2.05) is 13.0 Å². The number of hydrogen-bond acceptors (Lipinski definition) is 4. The van der Waals surface area contributed by atoms with Crippen molar-refractivity contribution in [2.45, 2.75) is 6.92 Å². The molecular formula is C6H8N4. The van der Waals surface area contributed by atoms with Crippen LogP contribution in [-0.2, 0) is 0 Å². The molecule has 1 aromatic heterocycles. The summed E-state index contributed by atoms with van der Waals surface area (Å²) in [6, 6.07) is 1.97. The standard InChI is InChI=1S/C6H8N4/c1-4-2-5-6(10-9-4)8-3-7-5/h2,7H,3H2,1H3,(H,8,10). The van der Waals surface area contributed by atoms with Crippen molar-refractivity contribution in [3.63, 3.8) is 0 Å². The van der Waals surface area contributed by atoms with Gasteiger partial charge < -0.3 is 10.6 Å². The van der Waals surface area contributed by atoms with E-state index in [1.165, 1.54) is 0 Å². The van der Waals surface area contributed by atoms with E-state index in [0.29, 0.717) is 0 Å². The van der Waals surface area contributed by atoms with Crippen molar-refractivity contribution in [2.75, 3.05) is 17.3 Å². The summed E-state index contributed by atoms with van der Waals surface area (Å²) < 4.78 is 0. The number of rotatable bonds is 0. The van der Waals surface area contributed by atoms with Crippen LogP contribution in [0.25, 0.3) is 0 Å². The minimum Gasteiger partial charge on any atom is -0.365 e. The Bertz CT molecular complexity index is 258. The first-order chi connectivity index (χ1) is 4.86. The molecule has 0 atom stereocenters. The Morgan fingerprint density at radius 1 is 1.40 bits per heavy atom. The van der Waals surface area contributed by atoms with Crippen molar-refractivity contribution in [3.05, 3.63) is 11.8 Å². The molecule has 1 aromatic rings. The number of nitrogens with zero attached hydrogens (tertiary/aromatic N) is 2. The summed E-state index contributed by atoms with van der Waals surface area (Å²) in [6.07, 6.45) is 0. The molecule has 0 aromatic carbocycles. The summed E-state index contributed by atoms with van der Waals surface area (Å²) in [7, 11) is 0. The Hall–Kier alpha value is -1.32. The first-order valence-corrected chi connectivity index (χ1v) is 3.18. The molecule has 1 aliphatic rings. The highest BCUT2D eigenvalue weighted by Crippen LogP contribution is 2.21. The second kappa shape index (κ2) is 1.83. The van der Waals surface area contributed by atoms with Gasteiger partial charge in [0, 0.05) is 0 Å². The fraction of sp³-hybridized carbons (Fsp3) is 0.333. The molecule has 52 valence electrons. The van der Waals surface area contributed by atoms with Gasteiger partial charge in [-0.05, 0) is 13.0 Å². The van der Waals surface area contributed by atoms with Gasteiger partial charge in [0.25, 0.3) is 0 Å². The summed E-state index contributed by atoms with van der Waals surface area (Å²) >= 11 is 0. The van der Waals surface area contributed by atoms with Gasteiger partial charge >= 0.3 is 0 Å². The van der Waals surface area contributed by atoms with Gasteiger partial charge in [-0.2, -0.15) is 5.10 Å². The predicted molar refractivity (Wildman–Crippen MR) is 38.9 cm³/mol. The van der Waals surface area contributed by atoms with Crippen molar-refractivity contribution < 1.29 is 0 Å². The fourth-order valence-corrected chi connectivity index (χ4v) is 0.977. The molecule has 0 fully saturated rings. The topological polar surface area (TPSA) is 49.8 Å². The first kappa shape index (κ1) is 5.46. The molecule has 0 spiro atoms. The predicted octanol–water partition coefficient (Wildman–Crippen LogP) is 0.580. The molecule has 2 rings (SSSR count). The second-order valence-electron chi connectivity index (χ2n) is 2.28. The van der Waals surface area contributed by atoms with Gasteiger partial charge in [0.1, 0.15) is 0 Å². The quantitative estimate of drug-likeness (QED) is 0.547. The summed E-state index contributed by atoms with van der Waals surface area (Å²) in [6.45, 7) is 2.68. The number of hydrogen-bond donors (Lipinski definition) is 2. The lowest BCUT2D eigenvalue weighted by molar-refractivity contribution is 0.992. The Morgan fingerprint density at radius 2 is 2.30 bits per heavy atom. The molecule has 4 heteroatoms. The average Bonchev–Trinajstić information content (AvgIpc) is 2.33.